The van der Waals surface area contributed by atoms with Gasteiger partial charge in [0.2, 0.25) is 11.8 Å². The van der Waals surface area contributed by atoms with E-state index in [9.17, 15) is 9.59 Å². The highest BCUT2D eigenvalue weighted by molar-refractivity contribution is 9.10. The molecule has 0 radical (unpaired) electrons. The summed E-state index contributed by atoms with van der Waals surface area (Å²) in [7, 11) is 1.54. The summed E-state index contributed by atoms with van der Waals surface area (Å²) in [5, 5.41) is 3.30. The Hall–Kier alpha value is -1.20. The molecule has 0 spiro atoms. The molecule has 2 unspecified atom stereocenters. The Kier molecular flexibility index (Phi) is 4.37. The van der Waals surface area contributed by atoms with Gasteiger partial charge in [0.25, 0.3) is 0 Å². The third-order valence-corrected chi connectivity index (χ3v) is 4.19. The average molecular weight is 325 g/mol. The number of hydrogen-bond donors (Lipinski definition) is 1. The maximum absolute atomic E-state index is 12.0. The minimum Gasteiger partial charge on any atom is -0.299 e. The molecule has 0 saturated carbocycles. The zero-order chi connectivity index (χ0) is 14.0. The van der Waals surface area contributed by atoms with Crippen LogP contribution in [0.4, 0.5) is 0 Å². The molecule has 1 heterocycles. The van der Waals surface area contributed by atoms with Crippen LogP contribution in [0.25, 0.3) is 0 Å². The van der Waals surface area contributed by atoms with Crippen LogP contribution in [-0.2, 0) is 9.59 Å². The van der Waals surface area contributed by atoms with Crippen molar-refractivity contribution >= 4 is 27.7 Å². The van der Waals surface area contributed by atoms with Crippen LogP contribution in [0.2, 0.25) is 0 Å². The van der Waals surface area contributed by atoms with E-state index in [0.717, 1.165) is 10.0 Å². The molecule has 0 bridgehead atoms. The lowest BCUT2D eigenvalue weighted by molar-refractivity contribution is -0.148. The van der Waals surface area contributed by atoms with Gasteiger partial charge in [-0.2, -0.15) is 0 Å². The van der Waals surface area contributed by atoms with Crippen LogP contribution in [0.5, 0.6) is 0 Å². The van der Waals surface area contributed by atoms with E-state index < -0.39 is 0 Å². The molecule has 1 N–H and O–H groups in total. The molecule has 1 aliphatic heterocycles. The second-order valence-electron chi connectivity index (χ2n) is 4.79. The van der Waals surface area contributed by atoms with E-state index in [-0.39, 0.29) is 23.9 Å². The maximum atomic E-state index is 12.0. The number of likely N-dealkylation sites (tertiary alicyclic amines) is 1. The zero-order valence-corrected chi connectivity index (χ0v) is 12.6. The largest absolute Gasteiger partial charge is 0.299 e. The average Bonchev–Trinajstić information content (AvgIpc) is 2.40. The van der Waals surface area contributed by atoms with Crippen LogP contribution >= 0.6 is 15.9 Å². The molecule has 1 saturated heterocycles. The van der Waals surface area contributed by atoms with E-state index in [4.69, 9.17) is 0 Å². The SMILES string of the molecule is CC(NC1CCC(=O)N(C)C1=O)c1ccccc1Br. The number of piperidine rings is 1. The number of nitrogens with zero attached hydrogens (tertiary/aromatic N) is 1. The van der Waals surface area contributed by atoms with Gasteiger partial charge < -0.3 is 0 Å². The first kappa shape index (κ1) is 14.2. The van der Waals surface area contributed by atoms with Crippen LogP contribution in [0.15, 0.2) is 28.7 Å². The van der Waals surface area contributed by atoms with Crippen molar-refractivity contribution in [3.8, 4) is 0 Å². The summed E-state index contributed by atoms with van der Waals surface area (Å²) in [6.07, 6.45) is 0.986. The van der Waals surface area contributed by atoms with Gasteiger partial charge in [-0.3, -0.25) is 19.8 Å². The first-order valence-corrected chi connectivity index (χ1v) is 7.11. The maximum Gasteiger partial charge on any atom is 0.246 e. The number of carbonyl (C=O) groups is 2. The Morgan fingerprint density at radius 2 is 2.05 bits per heavy atom. The molecule has 0 aliphatic carbocycles. The van der Waals surface area contributed by atoms with Gasteiger partial charge in [-0.15, -0.1) is 0 Å². The third kappa shape index (κ3) is 3.04. The van der Waals surface area contributed by atoms with Crippen LogP contribution < -0.4 is 5.32 Å². The van der Waals surface area contributed by atoms with Gasteiger partial charge in [0, 0.05) is 24.0 Å². The van der Waals surface area contributed by atoms with E-state index in [1.54, 1.807) is 7.05 Å². The fraction of sp³-hybridized carbons (Fsp3) is 0.429. The normalized spacial score (nSPS) is 21.6. The molecule has 2 amide bonds. The number of halogens is 1. The van der Waals surface area contributed by atoms with E-state index in [0.29, 0.717) is 12.8 Å². The zero-order valence-electron chi connectivity index (χ0n) is 11.0. The molecule has 4 nitrogen and oxygen atoms in total. The molecule has 2 rings (SSSR count). The molecule has 19 heavy (non-hydrogen) atoms. The van der Waals surface area contributed by atoms with Crippen LogP contribution in [-0.4, -0.2) is 29.8 Å². The summed E-state index contributed by atoms with van der Waals surface area (Å²) >= 11 is 3.51. The number of imide groups is 1. The van der Waals surface area contributed by atoms with Crippen LogP contribution in [0, 0.1) is 0 Å². The Bertz CT molecular complexity index is 504. The van der Waals surface area contributed by atoms with E-state index in [2.05, 4.69) is 21.2 Å². The molecular weight excluding hydrogens is 308 g/mol. The molecule has 1 aromatic carbocycles. The molecule has 2 atom stereocenters. The fourth-order valence-electron chi connectivity index (χ4n) is 2.29. The second kappa shape index (κ2) is 5.84. The highest BCUT2D eigenvalue weighted by atomic mass is 79.9. The van der Waals surface area contributed by atoms with Crippen LogP contribution in [0.3, 0.4) is 0 Å². The van der Waals surface area contributed by atoms with Crippen molar-refractivity contribution in [1.82, 2.24) is 10.2 Å². The smallest absolute Gasteiger partial charge is 0.246 e. The first-order chi connectivity index (χ1) is 9.00. The second-order valence-corrected chi connectivity index (χ2v) is 5.65. The number of carbonyl (C=O) groups excluding carboxylic acids is 2. The van der Waals surface area contributed by atoms with Crippen molar-refractivity contribution in [2.45, 2.75) is 31.8 Å². The van der Waals surface area contributed by atoms with Crippen molar-refractivity contribution in [2.24, 2.45) is 0 Å². The van der Waals surface area contributed by atoms with Gasteiger partial charge in [-0.05, 0) is 25.0 Å². The topological polar surface area (TPSA) is 49.4 Å². The molecule has 102 valence electrons. The predicted molar refractivity (Wildman–Crippen MR) is 76.5 cm³/mol. The number of hydrogen-bond acceptors (Lipinski definition) is 3. The number of rotatable bonds is 3. The lowest BCUT2D eigenvalue weighted by Gasteiger charge is -2.30. The van der Waals surface area contributed by atoms with E-state index >= 15 is 0 Å². The Morgan fingerprint density at radius 3 is 2.74 bits per heavy atom. The highest BCUT2D eigenvalue weighted by Gasteiger charge is 2.32. The molecule has 5 heteroatoms. The van der Waals surface area contributed by atoms with Crippen molar-refractivity contribution in [2.75, 3.05) is 7.05 Å². The molecular formula is C14H17BrN2O2. The molecule has 1 fully saturated rings. The summed E-state index contributed by atoms with van der Waals surface area (Å²) < 4.78 is 1.02. The van der Waals surface area contributed by atoms with Gasteiger partial charge >= 0.3 is 0 Å². The van der Waals surface area contributed by atoms with Gasteiger partial charge in [0.05, 0.1) is 6.04 Å². The summed E-state index contributed by atoms with van der Waals surface area (Å²) in [5.74, 6) is -0.244. The predicted octanol–water partition coefficient (Wildman–Crippen LogP) is 2.25. The lowest BCUT2D eigenvalue weighted by Crippen LogP contribution is -2.51. The van der Waals surface area contributed by atoms with Crippen LogP contribution in [0.1, 0.15) is 31.4 Å². The Labute approximate surface area is 121 Å². The summed E-state index contributed by atoms with van der Waals surface area (Å²) in [6.45, 7) is 2.02. The number of amides is 2. The van der Waals surface area contributed by atoms with Crippen molar-refractivity contribution in [3.63, 3.8) is 0 Å². The van der Waals surface area contributed by atoms with E-state index in [1.807, 2.05) is 31.2 Å². The minimum absolute atomic E-state index is 0.0473. The standard InChI is InChI=1S/C14H17BrN2O2/c1-9(10-5-3-4-6-11(10)15)16-12-7-8-13(18)17(2)14(12)19/h3-6,9,12,16H,7-8H2,1-2H3. The first-order valence-electron chi connectivity index (χ1n) is 6.31. The van der Waals surface area contributed by atoms with Gasteiger partial charge in [0.15, 0.2) is 0 Å². The monoisotopic (exact) mass is 324 g/mol. The Morgan fingerprint density at radius 1 is 1.37 bits per heavy atom. The third-order valence-electron chi connectivity index (χ3n) is 3.47. The highest BCUT2D eigenvalue weighted by Crippen LogP contribution is 2.24. The molecule has 0 aromatic heterocycles. The number of benzene rings is 1. The molecule has 1 aromatic rings. The van der Waals surface area contributed by atoms with Crippen molar-refractivity contribution in [1.29, 1.82) is 0 Å². The van der Waals surface area contributed by atoms with Gasteiger partial charge in [0.1, 0.15) is 0 Å². The summed E-state index contributed by atoms with van der Waals surface area (Å²) in [5.41, 5.74) is 1.11. The van der Waals surface area contributed by atoms with Gasteiger partial charge in [-0.25, -0.2) is 0 Å². The summed E-state index contributed by atoms with van der Waals surface area (Å²) in [4.78, 5) is 24.7. The van der Waals surface area contributed by atoms with Crippen molar-refractivity contribution < 1.29 is 9.59 Å². The number of likely N-dealkylation sites (N-methyl/N-ethyl adjacent to an activating group) is 1. The van der Waals surface area contributed by atoms with Gasteiger partial charge in [-0.1, -0.05) is 34.1 Å². The number of nitrogens with one attached hydrogen (secondary N) is 1. The van der Waals surface area contributed by atoms with E-state index in [1.165, 1.54) is 4.90 Å². The minimum atomic E-state index is -0.287. The lowest BCUT2D eigenvalue weighted by atomic mass is 10.0. The quantitative estimate of drug-likeness (QED) is 0.867. The molecule has 1 aliphatic rings. The fourth-order valence-corrected chi connectivity index (χ4v) is 2.92. The Balaban J connectivity index is 2.07. The summed E-state index contributed by atoms with van der Waals surface area (Å²) in [6, 6.07) is 7.68. The van der Waals surface area contributed by atoms with Crippen molar-refractivity contribution in [3.05, 3.63) is 34.3 Å².